The Balaban J connectivity index is 1.53. The predicted octanol–water partition coefficient (Wildman–Crippen LogP) is 1.46. The number of pyridine rings is 1. The van der Waals surface area contributed by atoms with Crippen molar-refractivity contribution in [2.24, 2.45) is 0 Å². The molecule has 0 saturated carbocycles. The molecular weight excluding hydrogens is 450 g/mol. The number of carbonyl (C=O) groups excluding carboxylic acids is 3. The molecule has 0 fully saturated rings. The van der Waals surface area contributed by atoms with Crippen molar-refractivity contribution in [2.45, 2.75) is 25.6 Å². The molecule has 10 nitrogen and oxygen atoms in total. The third-order valence-corrected chi connectivity index (χ3v) is 5.13. The minimum absolute atomic E-state index is 0.151. The van der Waals surface area contributed by atoms with E-state index in [0.29, 0.717) is 12.2 Å². The van der Waals surface area contributed by atoms with Gasteiger partial charge in [0, 0.05) is 24.0 Å². The van der Waals surface area contributed by atoms with Crippen LogP contribution < -0.4 is 21.4 Å². The third kappa shape index (κ3) is 7.44. The lowest BCUT2D eigenvalue weighted by Crippen LogP contribution is -2.51. The zero-order valence-corrected chi connectivity index (χ0v) is 19.1. The van der Waals surface area contributed by atoms with Crippen molar-refractivity contribution in [3.8, 4) is 11.1 Å². The van der Waals surface area contributed by atoms with Crippen LogP contribution in [-0.2, 0) is 16.1 Å². The molecule has 0 aliphatic rings. The Kier molecular flexibility index (Phi) is 9.02. The van der Waals surface area contributed by atoms with E-state index in [1.807, 2.05) is 30.3 Å². The van der Waals surface area contributed by atoms with Crippen molar-refractivity contribution in [3.63, 3.8) is 0 Å². The molecule has 0 aliphatic heterocycles. The van der Waals surface area contributed by atoms with Crippen molar-refractivity contribution in [1.82, 2.24) is 21.1 Å². The van der Waals surface area contributed by atoms with Gasteiger partial charge >= 0.3 is 0 Å². The van der Waals surface area contributed by atoms with Gasteiger partial charge in [0.05, 0.1) is 18.3 Å². The van der Waals surface area contributed by atoms with E-state index in [1.54, 1.807) is 42.6 Å². The Morgan fingerprint density at radius 1 is 0.943 bits per heavy atom. The fraction of sp³-hybridized carbons (Fsp3) is 0.200. The van der Waals surface area contributed by atoms with Crippen LogP contribution >= 0.6 is 0 Å². The Morgan fingerprint density at radius 3 is 2.17 bits per heavy atom. The van der Waals surface area contributed by atoms with Crippen LogP contribution in [0.4, 0.5) is 5.69 Å². The van der Waals surface area contributed by atoms with Gasteiger partial charge in [-0.3, -0.25) is 24.6 Å². The largest absolute Gasteiger partial charge is 0.391 e. The van der Waals surface area contributed by atoms with E-state index >= 15 is 0 Å². The van der Waals surface area contributed by atoms with Gasteiger partial charge in [-0.25, -0.2) is 5.48 Å². The molecule has 0 aliphatic carbocycles. The standard InChI is InChI=1S/C25H27N5O5/c1-16(31)23(25(34)30-35)29-24(33)19-7-5-17(6-8-19)18-9-11-20(12-10-18)28-22(32)15-26-14-21-4-2-3-13-27-21/h2-13,16,23,26,31,35H,14-15H2,1H3,(H,28,32)(H,29,33)(H,30,34)/t16-,23+/m1/s1. The first kappa shape index (κ1) is 25.5. The molecule has 0 radical (unpaired) electrons. The maximum absolute atomic E-state index is 12.4. The van der Waals surface area contributed by atoms with Crippen molar-refractivity contribution >= 4 is 23.4 Å². The first-order chi connectivity index (χ1) is 16.9. The lowest BCUT2D eigenvalue weighted by atomic mass is 10.0. The van der Waals surface area contributed by atoms with Gasteiger partial charge in [0.25, 0.3) is 11.8 Å². The van der Waals surface area contributed by atoms with Crippen LogP contribution in [0, 0.1) is 0 Å². The summed E-state index contributed by atoms with van der Waals surface area (Å²) >= 11 is 0. The molecule has 3 amide bonds. The summed E-state index contributed by atoms with van der Waals surface area (Å²) in [7, 11) is 0. The number of hydrogen-bond acceptors (Lipinski definition) is 7. The minimum atomic E-state index is -1.29. The predicted molar refractivity (Wildman–Crippen MR) is 129 cm³/mol. The minimum Gasteiger partial charge on any atom is -0.391 e. The highest BCUT2D eigenvalue weighted by Gasteiger charge is 2.25. The summed E-state index contributed by atoms with van der Waals surface area (Å²) in [6.45, 7) is 1.97. The number of hydrogen-bond donors (Lipinski definition) is 6. The molecule has 1 heterocycles. The van der Waals surface area contributed by atoms with Gasteiger partial charge in [-0.15, -0.1) is 0 Å². The fourth-order valence-corrected chi connectivity index (χ4v) is 3.27. The number of amides is 3. The van der Waals surface area contributed by atoms with Crippen LogP contribution in [0.3, 0.4) is 0 Å². The fourth-order valence-electron chi connectivity index (χ4n) is 3.27. The second kappa shape index (κ2) is 12.4. The smallest absolute Gasteiger partial charge is 0.268 e. The summed E-state index contributed by atoms with van der Waals surface area (Å²) in [5.74, 6) is -1.66. The van der Waals surface area contributed by atoms with E-state index in [2.05, 4.69) is 20.9 Å². The van der Waals surface area contributed by atoms with E-state index in [9.17, 15) is 19.5 Å². The molecule has 35 heavy (non-hydrogen) atoms. The highest BCUT2D eigenvalue weighted by molar-refractivity contribution is 5.98. The number of rotatable bonds is 10. The molecule has 10 heteroatoms. The number of benzene rings is 2. The Bertz CT molecular complexity index is 1140. The van der Waals surface area contributed by atoms with Gasteiger partial charge in [0.2, 0.25) is 5.91 Å². The lowest BCUT2D eigenvalue weighted by Gasteiger charge is -2.19. The number of nitrogens with one attached hydrogen (secondary N) is 4. The summed E-state index contributed by atoms with van der Waals surface area (Å²) in [6.07, 6.45) is 0.508. The number of aliphatic hydroxyl groups excluding tert-OH is 1. The van der Waals surface area contributed by atoms with Gasteiger partial charge in [0.1, 0.15) is 6.04 Å². The Labute approximate surface area is 202 Å². The highest BCUT2D eigenvalue weighted by Crippen LogP contribution is 2.22. The quantitative estimate of drug-likeness (QED) is 0.191. The molecule has 3 aromatic rings. The number of hydroxylamine groups is 1. The topological polar surface area (TPSA) is 153 Å². The number of aliphatic hydroxyl groups is 1. The molecule has 3 rings (SSSR count). The first-order valence-corrected chi connectivity index (χ1v) is 10.9. The van der Waals surface area contributed by atoms with Crippen LogP contribution in [0.1, 0.15) is 23.0 Å². The summed E-state index contributed by atoms with van der Waals surface area (Å²) in [4.78, 5) is 40.3. The highest BCUT2D eigenvalue weighted by atomic mass is 16.5. The Morgan fingerprint density at radius 2 is 1.60 bits per heavy atom. The van der Waals surface area contributed by atoms with Gasteiger partial charge < -0.3 is 21.1 Å². The van der Waals surface area contributed by atoms with E-state index in [0.717, 1.165) is 16.8 Å². The normalized spacial score (nSPS) is 12.3. The molecule has 6 N–H and O–H groups in total. The van der Waals surface area contributed by atoms with E-state index in [1.165, 1.54) is 12.4 Å². The molecule has 0 spiro atoms. The summed E-state index contributed by atoms with van der Waals surface area (Å²) in [5.41, 5.74) is 4.94. The summed E-state index contributed by atoms with van der Waals surface area (Å²) in [6, 6.07) is 18.2. The van der Waals surface area contributed by atoms with Crippen molar-refractivity contribution in [1.29, 1.82) is 0 Å². The molecule has 0 unspecified atom stereocenters. The lowest BCUT2D eigenvalue weighted by molar-refractivity contribution is -0.133. The number of nitrogens with zero attached hydrogens (tertiary/aromatic N) is 1. The molecule has 2 atom stereocenters. The first-order valence-electron chi connectivity index (χ1n) is 10.9. The molecular formula is C25H27N5O5. The van der Waals surface area contributed by atoms with Crippen LogP contribution in [0.25, 0.3) is 11.1 Å². The van der Waals surface area contributed by atoms with Crippen molar-refractivity contribution < 1.29 is 24.7 Å². The number of aromatic nitrogens is 1. The summed E-state index contributed by atoms with van der Waals surface area (Å²) < 4.78 is 0. The van der Waals surface area contributed by atoms with Gasteiger partial charge in [-0.2, -0.15) is 0 Å². The zero-order valence-electron chi connectivity index (χ0n) is 19.1. The molecule has 2 aromatic carbocycles. The van der Waals surface area contributed by atoms with E-state index in [-0.39, 0.29) is 18.0 Å². The van der Waals surface area contributed by atoms with E-state index in [4.69, 9.17) is 5.21 Å². The van der Waals surface area contributed by atoms with Crippen molar-refractivity contribution in [3.05, 3.63) is 84.2 Å². The monoisotopic (exact) mass is 477 g/mol. The van der Waals surface area contributed by atoms with E-state index < -0.39 is 24.0 Å². The SMILES string of the molecule is C[C@@H](O)[C@H](NC(=O)c1ccc(-c2ccc(NC(=O)CNCc3ccccn3)cc2)cc1)C(=O)NO. The molecule has 1 aromatic heterocycles. The maximum atomic E-state index is 12.4. The second-order valence-electron chi connectivity index (χ2n) is 7.80. The number of anilines is 1. The molecule has 0 bridgehead atoms. The molecule has 0 saturated heterocycles. The third-order valence-electron chi connectivity index (χ3n) is 5.13. The van der Waals surface area contributed by atoms with Crippen LogP contribution in [0.15, 0.2) is 72.9 Å². The van der Waals surface area contributed by atoms with Gasteiger partial charge in [0.15, 0.2) is 0 Å². The average Bonchev–Trinajstić information content (AvgIpc) is 2.87. The van der Waals surface area contributed by atoms with Crippen LogP contribution in [-0.4, -0.2) is 51.7 Å². The van der Waals surface area contributed by atoms with Gasteiger partial charge in [-0.05, 0) is 54.4 Å². The zero-order chi connectivity index (χ0) is 25.2. The van der Waals surface area contributed by atoms with Crippen molar-refractivity contribution in [2.75, 3.05) is 11.9 Å². The summed E-state index contributed by atoms with van der Waals surface area (Å²) in [5, 5.41) is 26.7. The van der Waals surface area contributed by atoms with Gasteiger partial charge in [-0.1, -0.05) is 30.3 Å². The number of carbonyl (C=O) groups is 3. The van der Waals surface area contributed by atoms with Crippen LogP contribution in [0.5, 0.6) is 0 Å². The van der Waals surface area contributed by atoms with Crippen LogP contribution in [0.2, 0.25) is 0 Å². The average molecular weight is 478 g/mol. The second-order valence-corrected chi connectivity index (χ2v) is 7.80. The Hall–Kier alpha value is -4.12. The maximum Gasteiger partial charge on any atom is 0.268 e. The molecule has 182 valence electrons.